The second-order valence-electron chi connectivity index (χ2n) is 17.4. The highest BCUT2D eigenvalue weighted by atomic mass is 15.2. The van der Waals surface area contributed by atoms with Crippen LogP contribution in [0, 0.1) is 0 Å². The van der Waals surface area contributed by atoms with Gasteiger partial charge in [-0.2, -0.15) is 0 Å². The second kappa shape index (κ2) is 18.7. The van der Waals surface area contributed by atoms with E-state index in [4.69, 9.17) is 0 Å². The lowest BCUT2D eigenvalue weighted by atomic mass is 9.95. The van der Waals surface area contributed by atoms with Crippen molar-refractivity contribution in [3.05, 3.63) is 291 Å². The molecule has 0 saturated carbocycles. The quantitative estimate of drug-likeness (QED) is 0.121. The first-order valence-electron chi connectivity index (χ1n) is 23.8. The molecule has 0 amide bonds. The van der Waals surface area contributed by atoms with Crippen molar-refractivity contribution in [2.75, 3.05) is 14.7 Å². The third-order valence-electron chi connectivity index (χ3n) is 13.1. The fraction of sp³-hybridized carbons (Fsp3) is 0. The van der Waals surface area contributed by atoms with Crippen molar-refractivity contribution < 1.29 is 0 Å². The van der Waals surface area contributed by atoms with E-state index in [9.17, 15) is 0 Å². The van der Waals surface area contributed by atoms with Crippen LogP contribution >= 0.6 is 0 Å². The lowest BCUT2D eigenvalue weighted by Crippen LogP contribution is -2.14. The molecule has 0 bridgehead atoms. The molecule has 4 nitrogen and oxygen atoms in total. The lowest BCUT2D eigenvalue weighted by Gasteiger charge is -2.31. The predicted octanol–water partition coefficient (Wildman–Crippen LogP) is 18.5. The molecule has 4 heteroatoms. The van der Waals surface area contributed by atoms with Gasteiger partial charge in [0, 0.05) is 73.1 Å². The van der Waals surface area contributed by atoms with Crippen molar-refractivity contribution in [1.82, 2.24) is 4.57 Å². The second-order valence-corrected chi connectivity index (χ2v) is 17.4. The summed E-state index contributed by atoms with van der Waals surface area (Å²) in [5.41, 5.74) is 17.5. The molecule has 0 N–H and O–H groups in total. The van der Waals surface area contributed by atoms with E-state index in [1.54, 1.807) is 0 Å². The van der Waals surface area contributed by atoms with E-state index in [-0.39, 0.29) is 0 Å². The predicted molar refractivity (Wildman–Crippen MR) is 296 cm³/mol. The number of hydrogen-bond acceptors (Lipinski definition) is 3. The Morgan fingerprint density at radius 2 is 0.529 bits per heavy atom. The molecule has 70 heavy (non-hydrogen) atoms. The van der Waals surface area contributed by atoms with Crippen molar-refractivity contribution in [3.63, 3.8) is 0 Å². The number of aromatic nitrogens is 1. The maximum Gasteiger partial charge on any atom is 0.0618 e. The van der Waals surface area contributed by atoms with Crippen molar-refractivity contribution in [3.8, 4) is 27.9 Å². The van der Waals surface area contributed by atoms with Gasteiger partial charge in [0.1, 0.15) is 0 Å². The fourth-order valence-corrected chi connectivity index (χ4v) is 10.0. The zero-order chi connectivity index (χ0) is 46.6. The number of nitrogens with zero attached hydrogens (tertiary/aromatic N) is 4. The Morgan fingerprint density at radius 3 is 0.957 bits per heavy atom. The van der Waals surface area contributed by atoms with Crippen LogP contribution in [-0.2, 0) is 0 Å². The molecule has 0 aliphatic carbocycles. The Morgan fingerprint density at radius 1 is 0.214 bits per heavy atom. The van der Waals surface area contributed by atoms with Gasteiger partial charge in [0.25, 0.3) is 0 Å². The minimum Gasteiger partial charge on any atom is -0.310 e. The number of rotatable bonds is 12. The summed E-state index contributed by atoms with van der Waals surface area (Å²) in [6.07, 6.45) is 0. The summed E-state index contributed by atoms with van der Waals surface area (Å²) in [5.74, 6) is 0. The van der Waals surface area contributed by atoms with Crippen LogP contribution in [0.4, 0.5) is 51.2 Å². The Bertz CT molecular complexity index is 3440. The van der Waals surface area contributed by atoms with Gasteiger partial charge in [-0.05, 0) is 114 Å². The van der Waals surface area contributed by atoms with E-state index in [0.29, 0.717) is 0 Å². The Labute approximate surface area is 409 Å². The summed E-state index contributed by atoms with van der Waals surface area (Å²) < 4.78 is 2.50. The Kier molecular flexibility index (Phi) is 11.2. The molecule has 1 aromatic heterocycles. The Hall–Kier alpha value is -9.38. The van der Waals surface area contributed by atoms with Crippen LogP contribution in [0.15, 0.2) is 291 Å². The average molecular weight is 897 g/mol. The minimum atomic E-state index is 1.02. The molecule has 0 atom stereocenters. The van der Waals surface area contributed by atoms with Gasteiger partial charge in [-0.25, -0.2) is 0 Å². The molecular formula is C66H48N4. The molecule has 11 aromatic carbocycles. The highest BCUT2D eigenvalue weighted by molar-refractivity contribution is 6.12. The molecule has 0 aliphatic rings. The molecule has 0 aliphatic heterocycles. The van der Waals surface area contributed by atoms with Gasteiger partial charge in [-0.15, -0.1) is 0 Å². The highest BCUT2D eigenvalue weighted by Crippen LogP contribution is 2.46. The number of benzene rings is 11. The molecule has 12 rings (SSSR count). The average Bonchev–Trinajstić information content (AvgIpc) is 3.76. The molecule has 0 fully saturated rings. The van der Waals surface area contributed by atoms with Crippen molar-refractivity contribution in [2.24, 2.45) is 0 Å². The maximum absolute atomic E-state index is 2.50. The van der Waals surface area contributed by atoms with Gasteiger partial charge in [0.15, 0.2) is 0 Å². The smallest absolute Gasteiger partial charge is 0.0618 e. The minimum absolute atomic E-state index is 1.02. The maximum atomic E-state index is 2.50. The number of hydrogen-bond donors (Lipinski definition) is 0. The van der Waals surface area contributed by atoms with Crippen molar-refractivity contribution in [2.45, 2.75) is 0 Å². The molecule has 0 spiro atoms. The lowest BCUT2D eigenvalue weighted by molar-refractivity contribution is 1.18. The van der Waals surface area contributed by atoms with Gasteiger partial charge >= 0.3 is 0 Å². The monoisotopic (exact) mass is 896 g/mol. The van der Waals surface area contributed by atoms with E-state index in [1.165, 1.54) is 10.8 Å². The van der Waals surface area contributed by atoms with Crippen LogP contribution in [0.5, 0.6) is 0 Å². The number of para-hydroxylation sites is 6. The zero-order valence-corrected chi connectivity index (χ0v) is 38.5. The first kappa shape index (κ1) is 42.0. The summed E-state index contributed by atoms with van der Waals surface area (Å²) in [6, 6.07) is 104. The van der Waals surface area contributed by atoms with Crippen LogP contribution in [-0.4, -0.2) is 4.57 Å². The standard InChI is InChI=1S/C66H48N4/c1-7-24-49(25-8-1)60-41-23-42-61(50-26-9-2-10-27-50)66(60)70-64-43-20-19-40-62(64)63-45-44-59(48-65(63)70)69(57-38-21-36-55(46-57)67(51-28-11-3-12-29-51)52-30-13-4-14-31-52)58-39-22-37-56(47-58)68(53-32-15-5-16-33-53)54-34-17-6-18-35-54/h1-48H. The first-order valence-corrected chi connectivity index (χ1v) is 23.8. The fourth-order valence-electron chi connectivity index (χ4n) is 10.0. The van der Waals surface area contributed by atoms with E-state index < -0.39 is 0 Å². The molecule has 0 saturated heterocycles. The van der Waals surface area contributed by atoms with Gasteiger partial charge in [0.05, 0.1) is 16.7 Å². The number of anilines is 9. The largest absolute Gasteiger partial charge is 0.310 e. The SMILES string of the molecule is c1ccc(-c2cccc(-c3ccccc3)c2-n2c3ccccc3c3ccc(N(c4cccc(N(c5ccccc5)c5ccccc5)c4)c4cccc(N(c5ccccc5)c5ccccc5)c4)cc32)cc1. The van der Waals surface area contributed by atoms with Gasteiger partial charge in [-0.1, -0.05) is 188 Å². The molecule has 1 heterocycles. The van der Waals surface area contributed by atoms with Gasteiger partial charge in [0.2, 0.25) is 0 Å². The molecule has 332 valence electrons. The summed E-state index contributed by atoms with van der Waals surface area (Å²) >= 11 is 0. The normalized spacial score (nSPS) is 11.1. The van der Waals surface area contributed by atoms with Crippen molar-refractivity contribution in [1.29, 1.82) is 0 Å². The van der Waals surface area contributed by atoms with E-state index >= 15 is 0 Å². The van der Waals surface area contributed by atoms with Crippen LogP contribution in [0.25, 0.3) is 49.7 Å². The summed E-state index contributed by atoms with van der Waals surface area (Å²) in [7, 11) is 0. The number of fused-ring (bicyclic) bond motifs is 3. The topological polar surface area (TPSA) is 14.7 Å². The van der Waals surface area contributed by atoms with E-state index in [2.05, 4.69) is 310 Å². The highest BCUT2D eigenvalue weighted by Gasteiger charge is 2.24. The zero-order valence-electron chi connectivity index (χ0n) is 38.5. The van der Waals surface area contributed by atoms with Crippen LogP contribution in [0.2, 0.25) is 0 Å². The Balaban J connectivity index is 1.12. The first-order chi connectivity index (χ1) is 34.8. The molecule has 0 unspecified atom stereocenters. The third-order valence-corrected chi connectivity index (χ3v) is 13.1. The summed E-state index contributed by atoms with van der Waals surface area (Å²) in [4.78, 5) is 7.08. The molecule has 12 aromatic rings. The summed E-state index contributed by atoms with van der Waals surface area (Å²) in [5, 5.41) is 2.38. The van der Waals surface area contributed by atoms with Crippen molar-refractivity contribution >= 4 is 73.0 Å². The molecule has 0 radical (unpaired) electrons. The van der Waals surface area contributed by atoms with Gasteiger partial charge in [-0.3, -0.25) is 0 Å². The summed E-state index contributed by atoms with van der Waals surface area (Å²) in [6.45, 7) is 0. The van der Waals surface area contributed by atoms with Crippen LogP contribution < -0.4 is 14.7 Å². The third kappa shape index (κ3) is 7.93. The van der Waals surface area contributed by atoms with Gasteiger partial charge < -0.3 is 19.3 Å². The van der Waals surface area contributed by atoms with E-state index in [0.717, 1.165) is 90.2 Å². The molecular weight excluding hydrogens is 849 g/mol. The van der Waals surface area contributed by atoms with Crippen LogP contribution in [0.3, 0.4) is 0 Å². The van der Waals surface area contributed by atoms with Crippen LogP contribution in [0.1, 0.15) is 0 Å². The van der Waals surface area contributed by atoms with E-state index in [1.807, 2.05) is 0 Å².